The predicted molar refractivity (Wildman–Crippen MR) is 200 cm³/mol. The molecule has 0 spiro atoms. The third-order valence-electron chi connectivity index (χ3n) is 7.98. The summed E-state index contributed by atoms with van der Waals surface area (Å²) in [5.74, 6) is -5.23. The molecule has 0 heterocycles. The van der Waals surface area contributed by atoms with Crippen LogP contribution in [0.4, 0.5) is 39.6 Å². The summed E-state index contributed by atoms with van der Waals surface area (Å²) in [6.07, 6.45) is 2.28. The van der Waals surface area contributed by atoms with Crippen LogP contribution in [0, 0.1) is 18.4 Å². The van der Waals surface area contributed by atoms with Crippen LogP contribution < -0.4 is 154 Å². The van der Waals surface area contributed by atoms with E-state index in [9.17, 15) is 44.6 Å². The molecule has 3 aromatic carbocycles. The maximum atomic E-state index is 12.9. The normalized spacial score (nSPS) is 18.1. The van der Waals surface area contributed by atoms with Gasteiger partial charge in [-0.25, -0.2) is 10.9 Å². The van der Waals surface area contributed by atoms with Gasteiger partial charge in [0.05, 0.1) is 19.8 Å². The van der Waals surface area contributed by atoms with Gasteiger partial charge in [-0.05, 0) is 43.7 Å². The SMILES string of the molecule is CCOC(=O)C=[N+]=[N-].CCOC(=O)[C@@H]1C(c2ccccc2)[C@@H]1[BH-](F)F.CCOC(=O)[C@H]1C(c2ccccc2)[C@@H]1[BH-](F)F.F.F.FB(F)F.[CH-]=Cc1ccccc1.[K+].[K+].[K+]. The number of esters is 3. The van der Waals surface area contributed by atoms with Crippen LogP contribution in [-0.4, -0.2) is 70.8 Å². The third-order valence-corrected chi connectivity index (χ3v) is 7.98. The summed E-state index contributed by atoms with van der Waals surface area (Å²) in [6, 6.07) is 27.8. The summed E-state index contributed by atoms with van der Waals surface area (Å²) < 4.78 is 94.5. The molecule has 6 atom stereocenters. The smallest absolute Gasteiger partial charge is 0.481 e. The second-order valence-corrected chi connectivity index (χ2v) is 11.4. The third kappa shape index (κ3) is 26.8. The molecule has 0 saturated heterocycles. The van der Waals surface area contributed by atoms with Crippen molar-refractivity contribution in [2.24, 2.45) is 11.8 Å². The molecule has 0 N–H and O–H groups in total. The Morgan fingerprint density at radius 2 is 0.966 bits per heavy atom. The standard InChI is InChI=1S/2C12H14BF2O2.C8H7.C4H6N2O2.BF3.2FH.3K/c2*1-2-17-12(16)10-9(11(10)13(14)15)8-6-4-3-5-7-8;1-2-8-6-4-3-5-7-8;1-2-8-4(7)3-6-5;2-1(3)4;;;;;/h2*3-7,9-11,13H,2H2,1H3;1-7H;3H,2H2,1H3;;2*1H;;;/q3*-1;;;;;3*+1/t9?,10-,11+;9?,10-,11-;;;;;;;;/m10......../s1. The van der Waals surface area contributed by atoms with E-state index in [1.807, 2.05) is 42.5 Å². The van der Waals surface area contributed by atoms with Gasteiger partial charge in [-0.1, -0.05) is 90.5 Å². The van der Waals surface area contributed by atoms with E-state index in [-0.39, 0.29) is 189 Å². The summed E-state index contributed by atoms with van der Waals surface area (Å²) >= 11 is 0. The number of hydrogen-bond acceptors (Lipinski definition) is 6. The molecule has 23 heteroatoms. The van der Waals surface area contributed by atoms with Crippen molar-refractivity contribution in [1.29, 1.82) is 0 Å². The first kappa shape index (κ1) is 67.7. The van der Waals surface area contributed by atoms with Gasteiger partial charge in [0.1, 0.15) is 0 Å². The van der Waals surface area contributed by atoms with Crippen molar-refractivity contribution in [3.05, 3.63) is 120 Å². The molecule has 0 radical (unpaired) electrons. The van der Waals surface area contributed by atoms with Crippen LogP contribution in [-0.2, 0) is 28.6 Å². The van der Waals surface area contributed by atoms with Crippen molar-refractivity contribution in [1.82, 2.24) is 0 Å². The first-order chi connectivity index (χ1) is 25.8. The van der Waals surface area contributed by atoms with Crippen LogP contribution in [0.25, 0.3) is 11.6 Å². The Bertz CT molecular complexity index is 1540. The van der Waals surface area contributed by atoms with Crippen molar-refractivity contribution < 1.29 is 227 Å². The molecule has 308 valence electrons. The minimum atomic E-state index is -3.67. The van der Waals surface area contributed by atoms with Crippen LogP contribution >= 0.6 is 0 Å². The topological polar surface area (TPSA) is 115 Å². The molecule has 0 aromatic heterocycles. The van der Waals surface area contributed by atoms with Gasteiger partial charge in [0.15, 0.2) is 0 Å². The minimum Gasteiger partial charge on any atom is -0.481 e. The van der Waals surface area contributed by atoms with Crippen LogP contribution in [0.2, 0.25) is 11.6 Å². The fourth-order valence-electron chi connectivity index (χ4n) is 5.69. The molecule has 0 aliphatic heterocycles. The summed E-state index contributed by atoms with van der Waals surface area (Å²) in [4.78, 5) is 35.7. The van der Waals surface area contributed by atoms with Crippen molar-refractivity contribution in [2.45, 2.75) is 44.2 Å². The molecule has 5 rings (SSSR count). The first-order valence-corrected chi connectivity index (χ1v) is 17.0. The summed E-state index contributed by atoms with van der Waals surface area (Å²) in [7, 11) is -10.2. The average molecular weight is 920 g/mol. The molecule has 59 heavy (non-hydrogen) atoms. The Labute approximate surface area is 467 Å². The van der Waals surface area contributed by atoms with E-state index in [0.29, 0.717) is 12.8 Å². The zero-order chi connectivity index (χ0) is 40.6. The molecule has 3 aromatic rings. The summed E-state index contributed by atoms with van der Waals surface area (Å²) in [6.45, 7) is 11.0. The van der Waals surface area contributed by atoms with Crippen molar-refractivity contribution >= 4 is 52.3 Å². The molecule has 0 amide bonds. The molecule has 2 unspecified atom stereocenters. The van der Waals surface area contributed by atoms with Gasteiger partial charge in [-0.2, -0.15) is 10.4 Å². The Balaban J connectivity index is -0.000000217. The quantitative estimate of drug-likeness (QED) is 0.0363. The molecule has 0 bridgehead atoms. The van der Waals surface area contributed by atoms with Crippen LogP contribution in [0.5, 0.6) is 0 Å². The van der Waals surface area contributed by atoms with E-state index in [2.05, 4.69) is 9.53 Å². The number of hydrogen-bond donors (Lipinski definition) is 0. The number of nitrogens with zero attached hydrogens (tertiary/aromatic N) is 2. The predicted octanol–water partition coefficient (Wildman–Crippen LogP) is -0.835. The van der Waals surface area contributed by atoms with E-state index in [0.717, 1.165) is 16.7 Å². The van der Waals surface area contributed by atoms with Gasteiger partial charge in [0.25, 0.3) is 14.5 Å². The number of benzene rings is 3. The number of halogens is 9. The first-order valence-electron chi connectivity index (χ1n) is 17.0. The summed E-state index contributed by atoms with van der Waals surface area (Å²) in [5.41, 5.74) is 10.4. The van der Waals surface area contributed by atoms with Crippen molar-refractivity contribution in [2.75, 3.05) is 19.8 Å². The number of ether oxygens (including phenoxy) is 3. The molecule has 8 nitrogen and oxygen atoms in total. The van der Waals surface area contributed by atoms with Crippen LogP contribution in [0.15, 0.2) is 91.0 Å². The van der Waals surface area contributed by atoms with Gasteiger partial charge in [-0.3, -0.25) is 38.5 Å². The van der Waals surface area contributed by atoms with E-state index >= 15 is 0 Å². The minimum absolute atomic E-state index is 0. The van der Waals surface area contributed by atoms with E-state index in [1.54, 1.807) is 75.4 Å². The Morgan fingerprint density at radius 1 is 0.661 bits per heavy atom. The number of carbonyl (C=O) groups excluding carboxylic acids is 3. The number of rotatable bonds is 11. The average Bonchev–Trinajstić information content (AvgIpc) is 4.07. The maximum Gasteiger partial charge on any atom is 1.00 e. The summed E-state index contributed by atoms with van der Waals surface area (Å²) in [5, 5.41) is 0. The van der Waals surface area contributed by atoms with Gasteiger partial charge in [-0.15, -0.1) is 12.1 Å². The molecule has 2 aliphatic carbocycles. The van der Waals surface area contributed by atoms with Crippen molar-refractivity contribution in [3.8, 4) is 0 Å². The second kappa shape index (κ2) is 39.3. The van der Waals surface area contributed by atoms with Crippen LogP contribution in [0.1, 0.15) is 49.3 Å². The molecule has 2 fully saturated rings. The zero-order valence-electron chi connectivity index (χ0n) is 33.8. The second-order valence-electron chi connectivity index (χ2n) is 11.4. The monoisotopic (exact) mass is 920 g/mol. The molecular formula is C36H43B3F9K3N2O6. The maximum absolute atomic E-state index is 12.9. The molecule has 2 saturated carbocycles. The molecule has 2 aliphatic rings. The largest absolute Gasteiger partial charge is 1.00 e. The van der Waals surface area contributed by atoms with Gasteiger partial charge in [0.2, 0.25) is 0 Å². The van der Waals surface area contributed by atoms with Gasteiger partial charge in [0, 0.05) is 11.8 Å². The zero-order valence-corrected chi connectivity index (χ0v) is 43.1. The van der Waals surface area contributed by atoms with E-state index in [4.69, 9.17) is 21.6 Å². The fourth-order valence-corrected chi connectivity index (χ4v) is 5.69. The van der Waals surface area contributed by atoms with E-state index in [1.165, 1.54) is 0 Å². The molecular weight excluding hydrogens is 877 g/mol. The van der Waals surface area contributed by atoms with Crippen molar-refractivity contribution in [3.63, 3.8) is 0 Å². The number of carbonyl (C=O) groups is 3. The van der Waals surface area contributed by atoms with Gasteiger partial charge >= 0.3 is 186 Å². The Kier molecular flexibility index (Phi) is 45.1. The Hall–Kier alpha value is -0.336. The Morgan fingerprint density at radius 3 is 1.20 bits per heavy atom. The van der Waals surface area contributed by atoms with E-state index < -0.39 is 63.5 Å². The fraction of sp³-hybridized carbons (Fsp3) is 0.333. The van der Waals surface area contributed by atoms with Gasteiger partial charge < -0.3 is 37.0 Å². The van der Waals surface area contributed by atoms with Crippen LogP contribution in [0.3, 0.4) is 0 Å².